The summed E-state index contributed by atoms with van der Waals surface area (Å²) in [5.74, 6) is -0.939. The van der Waals surface area contributed by atoms with Crippen LogP contribution >= 0.6 is 0 Å². The van der Waals surface area contributed by atoms with Gasteiger partial charge in [0.05, 0.1) is 23.4 Å². The zero-order chi connectivity index (χ0) is 21.8. The second kappa shape index (κ2) is 8.79. The minimum Gasteiger partial charge on any atom is -0.463 e. The predicted octanol–water partition coefficient (Wildman–Crippen LogP) is 4.67. The van der Waals surface area contributed by atoms with E-state index in [9.17, 15) is 14.0 Å². The van der Waals surface area contributed by atoms with Crippen LogP contribution in [0.15, 0.2) is 77.4 Å². The lowest BCUT2D eigenvalue weighted by atomic mass is 10.1. The highest BCUT2D eigenvalue weighted by Gasteiger charge is 2.18. The first-order chi connectivity index (χ1) is 15.0. The van der Waals surface area contributed by atoms with E-state index in [2.05, 4.69) is 10.3 Å². The summed E-state index contributed by atoms with van der Waals surface area (Å²) in [6, 6.07) is 17.7. The van der Waals surface area contributed by atoms with E-state index in [4.69, 9.17) is 9.15 Å². The minimum absolute atomic E-state index is 0.288. The summed E-state index contributed by atoms with van der Waals surface area (Å²) >= 11 is 0. The molecule has 1 amide bonds. The molecule has 2 heterocycles. The first-order valence-electron chi connectivity index (χ1n) is 9.67. The van der Waals surface area contributed by atoms with Crippen molar-refractivity contribution in [2.24, 2.45) is 0 Å². The maximum Gasteiger partial charge on any atom is 0.339 e. The molecule has 0 aliphatic rings. The number of ether oxygens (including phenoxy) is 1. The molecule has 0 saturated carbocycles. The number of nitrogens with one attached hydrogen (secondary N) is 1. The number of para-hydroxylation sites is 1. The third-order valence-electron chi connectivity index (χ3n) is 4.79. The molecule has 4 rings (SSSR count). The Morgan fingerprint density at radius 3 is 2.61 bits per heavy atom. The lowest BCUT2D eigenvalue weighted by molar-refractivity contribution is -0.124. The van der Waals surface area contributed by atoms with E-state index in [0.29, 0.717) is 22.4 Å². The number of carbonyl (C=O) groups excluding carboxylic acids is 2. The van der Waals surface area contributed by atoms with Crippen LogP contribution < -0.4 is 5.32 Å². The van der Waals surface area contributed by atoms with Crippen LogP contribution in [0.2, 0.25) is 0 Å². The molecule has 1 N–H and O–H groups in total. The van der Waals surface area contributed by atoms with Gasteiger partial charge in [0, 0.05) is 5.39 Å². The number of benzene rings is 2. The van der Waals surface area contributed by atoms with Gasteiger partial charge in [0.25, 0.3) is 5.91 Å². The molecule has 6 nitrogen and oxygen atoms in total. The van der Waals surface area contributed by atoms with E-state index >= 15 is 0 Å². The molecule has 156 valence electrons. The lowest BCUT2D eigenvalue weighted by Crippen LogP contribution is -2.31. The van der Waals surface area contributed by atoms with Gasteiger partial charge in [-0.15, -0.1) is 0 Å². The van der Waals surface area contributed by atoms with Gasteiger partial charge in [0.2, 0.25) is 0 Å². The number of nitrogens with zero attached hydrogens (tertiary/aromatic N) is 1. The molecule has 0 fully saturated rings. The average molecular weight is 418 g/mol. The van der Waals surface area contributed by atoms with Crippen molar-refractivity contribution in [3.63, 3.8) is 0 Å². The molecule has 31 heavy (non-hydrogen) atoms. The van der Waals surface area contributed by atoms with Crippen LogP contribution in [0.1, 0.15) is 28.9 Å². The molecular formula is C24H19FN2O4. The quantitative estimate of drug-likeness (QED) is 0.460. The van der Waals surface area contributed by atoms with Crippen molar-refractivity contribution in [2.45, 2.75) is 13.0 Å². The number of esters is 1. The van der Waals surface area contributed by atoms with E-state index in [1.807, 2.05) is 6.07 Å². The summed E-state index contributed by atoms with van der Waals surface area (Å²) in [5.41, 5.74) is 2.13. The molecular weight excluding hydrogens is 399 g/mol. The van der Waals surface area contributed by atoms with Crippen molar-refractivity contribution in [1.82, 2.24) is 10.3 Å². The number of carbonyl (C=O) groups is 2. The van der Waals surface area contributed by atoms with Crippen LogP contribution in [0.3, 0.4) is 0 Å². The van der Waals surface area contributed by atoms with Gasteiger partial charge in [0.1, 0.15) is 11.5 Å². The van der Waals surface area contributed by atoms with Gasteiger partial charge in [-0.25, -0.2) is 14.2 Å². The van der Waals surface area contributed by atoms with E-state index in [1.54, 1.807) is 55.5 Å². The minimum atomic E-state index is -0.643. The van der Waals surface area contributed by atoms with Gasteiger partial charge >= 0.3 is 5.97 Å². The Bertz CT molecular complexity index is 1220. The summed E-state index contributed by atoms with van der Waals surface area (Å²) < 4.78 is 23.7. The third kappa shape index (κ3) is 4.61. The number of rotatable bonds is 6. The van der Waals surface area contributed by atoms with Gasteiger partial charge in [-0.05, 0) is 48.9 Å². The van der Waals surface area contributed by atoms with Crippen molar-refractivity contribution in [1.29, 1.82) is 0 Å². The molecule has 0 bridgehead atoms. The Labute approximate surface area is 177 Å². The van der Waals surface area contributed by atoms with Crippen LogP contribution in [0.5, 0.6) is 0 Å². The van der Waals surface area contributed by atoms with Crippen LogP contribution in [0, 0.1) is 5.82 Å². The molecule has 4 aromatic rings. The largest absolute Gasteiger partial charge is 0.463 e. The molecule has 2 aromatic heterocycles. The highest BCUT2D eigenvalue weighted by atomic mass is 19.1. The van der Waals surface area contributed by atoms with Crippen LogP contribution in [0.4, 0.5) is 4.39 Å². The van der Waals surface area contributed by atoms with Crippen LogP contribution in [0.25, 0.3) is 22.4 Å². The summed E-state index contributed by atoms with van der Waals surface area (Å²) in [6.07, 6.45) is 1.52. The Hall–Kier alpha value is -4.00. The topological polar surface area (TPSA) is 81.4 Å². The van der Waals surface area contributed by atoms with Crippen molar-refractivity contribution in [3.05, 3.63) is 89.9 Å². The average Bonchev–Trinajstić information content (AvgIpc) is 3.32. The summed E-state index contributed by atoms with van der Waals surface area (Å²) in [5, 5.41) is 3.34. The van der Waals surface area contributed by atoms with Crippen LogP contribution in [-0.2, 0) is 9.53 Å². The molecule has 0 aliphatic heterocycles. The Morgan fingerprint density at radius 1 is 1.10 bits per heavy atom. The first kappa shape index (κ1) is 20.3. The van der Waals surface area contributed by atoms with Crippen molar-refractivity contribution < 1.29 is 23.1 Å². The van der Waals surface area contributed by atoms with Gasteiger partial charge in [-0.1, -0.05) is 30.3 Å². The molecule has 2 aromatic carbocycles. The standard InChI is InChI=1S/C24H19FN2O4/c1-15(16-8-10-17(25)11-9-16)26-23(28)14-31-24(29)19-13-21(22-7-4-12-30-22)27-20-6-3-2-5-18(19)20/h2-13,15H,14H2,1H3,(H,26,28)/t15-/m0/s1. The van der Waals surface area contributed by atoms with Gasteiger partial charge < -0.3 is 14.5 Å². The second-order valence-corrected chi connectivity index (χ2v) is 6.97. The molecule has 0 saturated heterocycles. The highest BCUT2D eigenvalue weighted by molar-refractivity contribution is 6.05. The number of pyridine rings is 1. The number of amides is 1. The Kier molecular flexibility index (Phi) is 5.75. The van der Waals surface area contributed by atoms with Crippen molar-refractivity contribution >= 4 is 22.8 Å². The monoisotopic (exact) mass is 418 g/mol. The van der Waals surface area contributed by atoms with E-state index in [1.165, 1.54) is 18.4 Å². The van der Waals surface area contributed by atoms with Crippen molar-refractivity contribution in [3.8, 4) is 11.5 Å². The first-order valence-corrected chi connectivity index (χ1v) is 9.67. The molecule has 0 aliphatic carbocycles. The highest BCUT2D eigenvalue weighted by Crippen LogP contribution is 2.25. The van der Waals surface area contributed by atoms with E-state index in [0.717, 1.165) is 5.56 Å². The summed E-state index contributed by atoms with van der Waals surface area (Å²) in [4.78, 5) is 29.6. The molecule has 7 heteroatoms. The lowest BCUT2D eigenvalue weighted by Gasteiger charge is -2.14. The Morgan fingerprint density at radius 2 is 1.87 bits per heavy atom. The normalized spacial score (nSPS) is 11.8. The SMILES string of the molecule is C[C@H](NC(=O)COC(=O)c1cc(-c2ccco2)nc2ccccc12)c1ccc(F)cc1. The summed E-state index contributed by atoms with van der Waals surface area (Å²) in [7, 11) is 0. The van der Waals surface area contributed by atoms with E-state index in [-0.39, 0.29) is 17.4 Å². The number of hydrogen-bond donors (Lipinski definition) is 1. The zero-order valence-electron chi connectivity index (χ0n) is 16.7. The fourth-order valence-electron chi connectivity index (χ4n) is 3.22. The maximum absolute atomic E-state index is 13.1. The molecule has 0 radical (unpaired) electrons. The maximum atomic E-state index is 13.1. The molecule has 0 spiro atoms. The van der Waals surface area contributed by atoms with Gasteiger partial charge in [0.15, 0.2) is 12.4 Å². The number of fused-ring (bicyclic) bond motifs is 1. The van der Waals surface area contributed by atoms with Crippen LogP contribution in [-0.4, -0.2) is 23.5 Å². The van der Waals surface area contributed by atoms with E-state index < -0.39 is 18.5 Å². The summed E-state index contributed by atoms with van der Waals surface area (Å²) in [6.45, 7) is 1.32. The van der Waals surface area contributed by atoms with Gasteiger partial charge in [-0.3, -0.25) is 4.79 Å². The fraction of sp³-hybridized carbons (Fsp3) is 0.125. The van der Waals surface area contributed by atoms with Gasteiger partial charge in [-0.2, -0.15) is 0 Å². The fourth-order valence-corrected chi connectivity index (χ4v) is 3.22. The second-order valence-electron chi connectivity index (χ2n) is 6.97. The number of hydrogen-bond acceptors (Lipinski definition) is 5. The zero-order valence-corrected chi connectivity index (χ0v) is 16.7. The molecule has 1 atom stereocenters. The van der Waals surface area contributed by atoms with Crippen molar-refractivity contribution in [2.75, 3.05) is 6.61 Å². The predicted molar refractivity (Wildman–Crippen MR) is 113 cm³/mol. The Balaban J connectivity index is 1.48. The number of halogens is 1. The molecule has 0 unspecified atom stereocenters. The smallest absolute Gasteiger partial charge is 0.339 e. The number of furan rings is 1. The third-order valence-corrected chi connectivity index (χ3v) is 4.79. The number of aromatic nitrogens is 1.